The molecule has 0 aromatic heterocycles. The third-order valence-corrected chi connectivity index (χ3v) is 5.70. The summed E-state index contributed by atoms with van der Waals surface area (Å²) in [5.74, 6) is -3.66. The van der Waals surface area contributed by atoms with Crippen molar-refractivity contribution in [3.63, 3.8) is 0 Å². The lowest BCUT2D eigenvalue weighted by molar-refractivity contribution is -0.288. The Balaban J connectivity index is 2.02. The Morgan fingerprint density at radius 3 is 2.07 bits per heavy atom. The summed E-state index contributed by atoms with van der Waals surface area (Å²) in [6.45, 7) is 3.90. The normalized spacial score (nSPS) is 21.6. The topological polar surface area (TPSA) is 173 Å². The molecule has 1 aliphatic heterocycles. The number of hydrogen-bond donors (Lipinski definition) is 2. The molecule has 2 aromatic rings. The maximum absolute atomic E-state index is 12.1. The molecule has 220 valence electrons. The molecule has 1 aliphatic rings. The lowest BCUT2D eigenvalue weighted by Crippen LogP contribution is -2.63. The number of anilines is 1. The van der Waals surface area contributed by atoms with Gasteiger partial charge in [-0.05, 0) is 23.8 Å². The minimum Gasteiger partial charge on any atom is -0.480 e. The number of esters is 4. The van der Waals surface area contributed by atoms with E-state index >= 15 is 0 Å². The Kier molecular flexibility index (Phi) is 10.6. The van der Waals surface area contributed by atoms with E-state index in [2.05, 4.69) is 5.32 Å². The van der Waals surface area contributed by atoms with Crippen LogP contribution in [-0.2, 0) is 47.7 Å². The van der Waals surface area contributed by atoms with Gasteiger partial charge in [0, 0.05) is 38.9 Å². The predicted octanol–water partition coefficient (Wildman–Crippen LogP) is 2.31. The molecule has 41 heavy (non-hydrogen) atoms. The highest BCUT2D eigenvalue weighted by Crippen LogP contribution is 2.36. The van der Waals surface area contributed by atoms with E-state index in [0.717, 1.165) is 20.8 Å². The highest BCUT2D eigenvalue weighted by atomic mass is 16.7. The molecular weight excluding hydrogens is 542 g/mol. The summed E-state index contributed by atoms with van der Waals surface area (Å²) in [6.07, 6.45) is -6.67. The van der Waals surface area contributed by atoms with Gasteiger partial charge in [0.05, 0.1) is 0 Å². The largest absolute Gasteiger partial charge is 0.480 e. The lowest BCUT2D eigenvalue weighted by Gasteiger charge is -2.44. The minimum atomic E-state index is -1.41. The van der Waals surface area contributed by atoms with Gasteiger partial charge in [0.15, 0.2) is 12.2 Å². The van der Waals surface area contributed by atoms with Crippen LogP contribution in [0.5, 0.6) is 5.75 Å². The SMILES string of the molecule is CC(=O)OC[C@H]1O[C@H](Oc2ccccc2-c2cccc(NCC(=O)O)c2)[C@@H](OC(C)=O)[C@@H](OC(C)=O)[C@@H]1OC(C)=O. The minimum absolute atomic E-state index is 0.267. The molecule has 1 fully saturated rings. The van der Waals surface area contributed by atoms with E-state index in [1.54, 1.807) is 48.5 Å². The van der Waals surface area contributed by atoms with E-state index in [1.165, 1.54) is 6.92 Å². The Morgan fingerprint density at radius 1 is 0.805 bits per heavy atom. The second-order valence-electron chi connectivity index (χ2n) is 9.01. The van der Waals surface area contributed by atoms with Gasteiger partial charge in [-0.25, -0.2) is 0 Å². The zero-order valence-corrected chi connectivity index (χ0v) is 22.9. The molecule has 0 radical (unpaired) electrons. The molecule has 2 N–H and O–H groups in total. The van der Waals surface area contributed by atoms with Crippen LogP contribution >= 0.6 is 0 Å². The molecule has 5 atom stereocenters. The molecule has 13 nitrogen and oxygen atoms in total. The number of carbonyl (C=O) groups is 5. The summed E-state index contributed by atoms with van der Waals surface area (Å²) in [5.41, 5.74) is 1.77. The number of carboxylic acids is 1. The van der Waals surface area contributed by atoms with Crippen LogP contribution in [0.2, 0.25) is 0 Å². The predicted molar refractivity (Wildman–Crippen MR) is 141 cm³/mol. The standard InChI is InChI=1S/C28H31NO12/c1-15(30)36-14-23-25(37-16(2)31)26(38-17(3)32)27(39-18(4)33)28(41-23)40-22-11-6-5-10-21(22)19-8-7-9-20(12-19)29-13-24(34)35/h5-12,23,25-29H,13-14H2,1-4H3,(H,34,35)/t23-,25-,26+,27+,28+/m1/s1. The van der Waals surface area contributed by atoms with Gasteiger partial charge < -0.3 is 38.8 Å². The maximum atomic E-state index is 12.1. The fraction of sp³-hybridized carbons (Fsp3) is 0.393. The van der Waals surface area contributed by atoms with Crippen molar-refractivity contribution in [2.75, 3.05) is 18.5 Å². The van der Waals surface area contributed by atoms with E-state index in [-0.39, 0.29) is 12.3 Å². The van der Waals surface area contributed by atoms with Gasteiger partial charge in [0.25, 0.3) is 0 Å². The van der Waals surface area contributed by atoms with Crippen LogP contribution in [-0.4, -0.2) is 78.8 Å². The fourth-order valence-electron chi connectivity index (χ4n) is 4.19. The molecular formula is C28H31NO12. The first-order valence-corrected chi connectivity index (χ1v) is 12.6. The zero-order valence-electron chi connectivity index (χ0n) is 22.9. The van der Waals surface area contributed by atoms with E-state index in [9.17, 15) is 24.0 Å². The van der Waals surface area contributed by atoms with Crippen molar-refractivity contribution in [2.45, 2.75) is 58.4 Å². The molecule has 1 saturated heterocycles. The first-order valence-electron chi connectivity index (χ1n) is 12.6. The van der Waals surface area contributed by atoms with Crippen LogP contribution < -0.4 is 10.1 Å². The van der Waals surface area contributed by atoms with Crippen LogP contribution in [0.3, 0.4) is 0 Å². The summed E-state index contributed by atoms with van der Waals surface area (Å²) in [4.78, 5) is 58.6. The third kappa shape index (κ3) is 8.93. The third-order valence-electron chi connectivity index (χ3n) is 5.70. The van der Waals surface area contributed by atoms with Gasteiger partial charge in [0.1, 0.15) is 25.0 Å². The number of ether oxygens (including phenoxy) is 6. The number of rotatable bonds is 11. The molecule has 2 aromatic carbocycles. The van der Waals surface area contributed by atoms with Crippen molar-refractivity contribution >= 4 is 35.5 Å². The first kappa shape index (κ1) is 30.9. The fourth-order valence-corrected chi connectivity index (χ4v) is 4.19. The van der Waals surface area contributed by atoms with Crippen molar-refractivity contribution < 1.29 is 57.5 Å². The molecule has 0 spiro atoms. The van der Waals surface area contributed by atoms with E-state index in [1.807, 2.05) is 0 Å². The Bertz CT molecular complexity index is 1280. The number of para-hydroxylation sites is 1. The number of aliphatic carboxylic acids is 1. The molecule has 0 aliphatic carbocycles. The summed E-state index contributed by atoms with van der Waals surface area (Å²) in [7, 11) is 0. The zero-order chi connectivity index (χ0) is 30.1. The van der Waals surface area contributed by atoms with Crippen molar-refractivity contribution in [1.29, 1.82) is 0 Å². The van der Waals surface area contributed by atoms with Gasteiger partial charge in [-0.1, -0.05) is 30.3 Å². The summed E-state index contributed by atoms with van der Waals surface area (Å²) < 4.78 is 33.6. The molecule has 0 unspecified atom stereocenters. The summed E-state index contributed by atoms with van der Waals surface area (Å²) in [6, 6.07) is 13.8. The van der Waals surface area contributed by atoms with Crippen LogP contribution in [0.25, 0.3) is 11.1 Å². The average molecular weight is 574 g/mol. The molecule has 3 rings (SSSR count). The number of nitrogens with one attached hydrogen (secondary N) is 1. The highest BCUT2D eigenvalue weighted by molar-refractivity contribution is 5.76. The second kappa shape index (κ2) is 14.1. The van der Waals surface area contributed by atoms with E-state index in [4.69, 9.17) is 33.5 Å². The monoisotopic (exact) mass is 573 g/mol. The van der Waals surface area contributed by atoms with Crippen molar-refractivity contribution in [2.24, 2.45) is 0 Å². The molecule has 0 amide bonds. The van der Waals surface area contributed by atoms with Gasteiger partial charge in [0.2, 0.25) is 12.4 Å². The highest BCUT2D eigenvalue weighted by Gasteiger charge is 2.53. The molecule has 0 saturated carbocycles. The maximum Gasteiger partial charge on any atom is 0.322 e. The average Bonchev–Trinajstić information content (AvgIpc) is 2.89. The van der Waals surface area contributed by atoms with Crippen molar-refractivity contribution in [3.05, 3.63) is 48.5 Å². The Labute approximate surface area is 235 Å². The smallest absolute Gasteiger partial charge is 0.322 e. The van der Waals surface area contributed by atoms with Crippen LogP contribution in [0.4, 0.5) is 5.69 Å². The van der Waals surface area contributed by atoms with Gasteiger partial charge in [-0.3, -0.25) is 24.0 Å². The number of hydrogen-bond acceptors (Lipinski definition) is 12. The number of carbonyl (C=O) groups excluding carboxylic acids is 4. The van der Waals surface area contributed by atoms with Crippen LogP contribution in [0.1, 0.15) is 27.7 Å². The quantitative estimate of drug-likeness (QED) is 0.296. The van der Waals surface area contributed by atoms with Crippen molar-refractivity contribution in [3.8, 4) is 16.9 Å². The second-order valence-corrected chi connectivity index (χ2v) is 9.01. The number of carboxylic acid groups (broad SMARTS) is 1. The summed E-state index contributed by atoms with van der Waals surface area (Å²) >= 11 is 0. The van der Waals surface area contributed by atoms with Gasteiger partial charge in [-0.15, -0.1) is 0 Å². The van der Waals surface area contributed by atoms with Gasteiger partial charge >= 0.3 is 29.8 Å². The van der Waals surface area contributed by atoms with E-state index < -0.39 is 67.2 Å². The molecule has 1 heterocycles. The molecule has 13 heteroatoms. The van der Waals surface area contributed by atoms with Gasteiger partial charge in [-0.2, -0.15) is 0 Å². The van der Waals surface area contributed by atoms with E-state index in [0.29, 0.717) is 16.8 Å². The Hall–Kier alpha value is -4.65. The van der Waals surface area contributed by atoms with Crippen molar-refractivity contribution in [1.82, 2.24) is 0 Å². The van der Waals surface area contributed by atoms with Crippen LogP contribution in [0, 0.1) is 0 Å². The van der Waals surface area contributed by atoms with Crippen LogP contribution in [0.15, 0.2) is 48.5 Å². The summed E-state index contributed by atoms with van der Waals surface area (Å²) in [5, 5.41) is 11.8. The lowest BCUT2D eigenvalue weighted by atomic mass is 9.98. The number of benzene rings is 2. The first-order chi connectivity index (χ1) is 19.4. The molecule has 0 bridgehead atoms. The Morgan fingerprint density at radius 2 is 1.44 bits per heavy atom.